The molecule has 7 heteroatoms. The van der Waals surface area contributed by atoms with Crippen LogP contribution in [-0.4, -0.2) is 34.2 Å². The molecule has 0 fully saturated rings. The summed E-state index contributed by atoms with van der Waals surface area (Å²) in [5, 5.41) is 10.0. The second kappa shape index (κ2) is 9.05. The summed E-state index contributed by atoms with van der Waals surface area (Å²) in [6.45, 7) is 5.99. The topological polar surface area (TPSA) is 85.2 Å². The Morgan fingerprint density at radius 3 is 2.41 bits per heavy atom. The van der Waals surface area contributed by atoms with E-state index in [1.165, 1.54) is 0 Å². The van der Waals surface area contributed by atoms with E-state index >= 15 is 0 Å². The van der Waals surface area contributed by atoms with Gasteiger partial charge < -0.3 is 15.4 Å². The van der Waals surface area contributed by atoms with Gasteiger partial charge in [-0.05, 0) is 45.0 Å². The highest BCUT2D eigenvalue weighted by Gasteiger charge is 2.21. The van der Waals surface area contributed by atoms with Gasteiger partial charge in [-0.25, -0.2) is 4.68 Å². The van der Waals surface area contributed by atoms with Crippen LogP contribution < -0.4 is 15.4 Å². The average molecular weight is 392 g/mol. The van der Waals surface area contributed by atoms with Crippen LogP contribution in [0.25, 0.3) is 5.69 Å². The number of amides is 2. The van der Waals surface area contributed by atoms with Crippen molar-refractivity contribution in [2.45, 2.75) is 26.8 Å². The highest BCUT2D eigenvalue weighted by Crippen LogP contribution is 2.23. The summed E-state index contributed by atoms with van der Waals surface area (Å²) in [6, 6.07) is 16.3. The van der Waals surface area contributed by atoms with E-state index in [1.807, 2.05) is 51.1 Å². The number of aromatic nitrogens is 2. The first kappa shape index (κ1) is 20.1. The molecule has 1 heterocycles. The molecule has 0 saturated carbocycles. The first-order chi connectivity index (χ1) is 14.0. The summed E-state index contributed by atoms with van der Waals surface area (Å²) in [5.74, 6) is -0.332. The van der Waals surface area contributed by atoms with Crippen LogP contribution in [0.2, 0.25) is 0 Å². The van der Waals surface area contributed by atoms with Gasteiger partial charge in [0.2, 0.25) is 0 Å². The molecule has 0 aliphatic heterocycles. The third kappa shape index (κ3) is 4.82. The van der Waals surface area contributed by atoms with Crippen molar-refractivity contribution in [3.8, 4) is 11.4 Å². The molecule has 0 spiro atoms. The van der Waals surface area contributed by atoms with Gasteiger partial charge >= 0.3 is 0 Å². The standard InChI is InChI=1S/C22H24N4O3/c1-4-29-19-14-26(16-10-6-5-7-11-16)25-20(19)22(28)24-18-13-9-8-12-17(18)21(27)23-15(2)3/h5-15H,4H2,1-3H3,(H,23,27)(H,24,28). The predicted molar refractivity (Wildman–Crippen MR) is 112 cm³/mol. The molecule has 1 aromatic heterocycles. The molecule has 0 aliphatic rings. The molecule has 0 aliphatic carbocycles. The normalized spacial score (nSPS) is 10.6. The van der Waals surface area contributed by atoms with Gasteiger partial charge in [0.05, 0.1) is 29.7 Å². The zero-order chi connectivity index (χ0) is 20.8. The van der Waals surface area contributed by atoms with E-state index in [4.69, 9.17) is 4.74 Å². The first-order valence-electron chi connectivity index (χ1n) is 9.48. The highest BCUT2D eigenvalue weighted by molar-refractivity contribution is 6.09. The number of rotatable bonds is 7. The SMILES string of the molecule is CCOc1cn(-c2ccccc2)nc1C(=O)Nc1ccccc1C(=O)NC(C)C. The smallest absolute Gasteiger partial charge is 0.280 e. The summed E-state index contributed by atoms with van der Waals surface area (Å²) in [6.07, 6.45) is 1.67. The van der Waals surface area contributed by atoms with Crippen molar-refractivity contribution >= 4 is 17.5 Å². The maximum atomic E-state index is 13.0. The minimum absolute atomic E-state index is 0.0163. The fourth-order valence-electron chi connectivity index (χ4n) is 2.80. The molecular weight excluding hydrogens is 368 g/mol. The number of ether oxygens (including phenoxy) is 1. The van der Waals surface area contributed by atoms with Crippen LogP contribution in [0.1, 0.15) is 41.6 Å². The summed E-state index contributed by atoms with van der Waals surface area (Å²) >= 11 is 0. The second-order valence-corrected chi connectivity index (χ2v) is 6.68. The van der Waals surface area contributed by atoms with Crippen molar-refractivity contribution in [3.05, 3.63) is 72.1 Å². The quantitative estimate of drug-likeness (QED) is 0.643. The molecule has 0 saturated heterocycles. The molecule has 2 aromatic carbocycles. The lowest BCUT2D eigenvalue weighted by molar-refractivity contribution is 0.0944. The van der Waals surface area contributed by atoms with Crippen LogP contribution in [0.15, 0.2) is 60.8 Å². The molecule has 0 atom stereocenters. The number of benzene rings is 2. The van der Waals surface area contributed by atoms with Crippen molar-refractivity contribution in [3.63, 3.8) is 0 Å². The minimum atomic E-state index is -0.451. The van der Waals surface area contributed by atoms with Crippen molar-refractivity contribution in [1.29, 1.82) is 0 Å². The van der Waals surface area contributed by atoms with Crippen LogP contribution in [0, 0.1) is 0 Å². The van der Waals surface area contributed by atoms with E-state index in [9.17, 15) is 9.59 Å². The van der Waals surface area contributed by atoms with Gasteiger partial charge in [-0.2, -0.15) is 5.10 Å². The average Bonchev–Trinajstić information content (AvgIpc) is 3.13. The molecule has 2 N–H and O–H groups in total. The van der Waals surface area contributed by atoms with Crippen molar-refractivity contribution in [1.82, 2.24) is 15.1 Å². The third-order valence-electron chi connectivity index (χ3n) is 4.06. The predicted octanol–water partition coefficient (Wildman–Crippen LogP) is 3.66. The lowest BCUT2D eigenvalue weighted by Gasteiger charge is -2.13. The largest absolute Gasteiger partial charge is 0.490 e. The molecule has 0 bridgehead atoms. The monoisotopic (exact) mass is 392 g/mol. The van der Waals surface area contributed by atoms with Crippen LogP contribution in [0.3, 0.4) is 0 Å². The molecule has 150 valence electrons. The van der Waals surface area contributed by atoms with Crippen LogP contribution in [0.4, 0.5) is 5.69 Å². The Morgan fingerprint density at radius 1 is 1.03 bits per heavy atom. The number of nitrogens with one attached hydrogen (secondary N) is 2. The number of para-hydroxylation sites is 2. The van der Waals surface area contributed by atoms with E-state index in [1.54, 1.807) is 35.1 Å². The van der Waals surface area contributed by atoms with Gasteiger partial charge in [0, 0.05) is 6.04 Å². The van der Waals surface area contributed by atoms with E-state index in [0.29, 0.717) is 23.6 Å². The summed E-state index contributed by atoms with van der Waals surface area (Å²) < 4.78 is 7.20. The summed E-state index contributed by atoms with van der Waals surface area (Å²) in [5.41, 5.74) is 1.75. The van der Waals surface area contributed by atoms with E-state index < -0.39 is 5.91 Å². The number of hydrogen-bond donors (Lipinski definition) is 2. The lowest BCUT2D eigenvalue weighted by Crippen LogP contribution is -2.31. The van der Waals surface area contributed by atoms with Gasteiger partial charge in [-0.1, -0.05) is 30.3 Å². The molecular formula is C22H24N4O3. The number of carbonyl (C=O) groups excluding carboxylic acids is 2. The number of anilines is 1. The van der Waals surface area contributed by atoms with Crippen molar-refractivity contribution < 1.29 is 14.3 Å². The molecule has 3 aromatic rings. The van der Waals surface area contributed by atoms with Crippen molar-refractivity contribution in [2.24, 2.45) is 0 Å². The van der Waals surface area contributed by atoms with Gasteiger partial charge in [-0.3, -0.25) is 9.59 Å². The molecule has 0 radical (unpaired) electrons. The zero-order valence-electron chi connectivity index (χ0n) is 16.7. The Bertz CT molecular complexity index is 996. The van der Waals surface area contributed by atoms with Crippen molar-refractivity contribution in [2.75, 3.05) is 11.9 Å². The Balaban J connectivity index is 1.90. The van der Waals surface area contributed by atoms with Gasteiger partial charge in [-0.15, -0.1) is 0 Å². The second-order valence-electron chi connectivity index (χ2n) is 6.68. The molecule has 7 nitrogen and oxygen atoms in total. The maximum absolute atomic E-state index is 13.0. The number of carbonyl (C=O) groups is 2. The fraction of sp³-hybridized carbons (Fsp3) is 0.227. The van der Waals surface area contributed by atoms with E-state index in [0.717, 1.165) is 5.69 Å². The minimum Gasteiger partial charge on any atom is -0.490 e. The third-order valence-corrected chi connectivity index (χ3v) is 4.06. The molecule has 3 rings (SSSR count). The van der Waals surface area contributed by atoms with Gasteiger partial charge in [0.25, 0.3) is 11.8 Å². The van der Waals surface area contributed by atoms with E-state index in [2.05, 4.69) is 15.7 Å². The lowest BCUT2D eigenvalue weighted by atomic mass is 10.1. The first-order valence-corrected chi connectivity index (χ1v) is 9.48. The summed E-state index contributed by atoms with van der Waals surface area (Å²) in [4.78, 5) is 25.4. The Hall–Kier alpha value is -3.61. The zero-order valence-corrected chi connectivity index (χ0v) is 16.7. The maximum Gasteiger partial charge on any atom is 0.280 e. The molecule has 29 heavy (non-hydrogen) atoms. The van der Waals surface area contributed by atoms with E-state index in [-0.39, 0.29) is 17.6 Å². The van der Waals surface area contributed by atoms with Gasteiger partial charge in [0.1, 0.15) is 0 Å². The Labute approximate surface area is 169 Å². The fourth-order valence-corrected chi connectivity index (χ4v) is 2.80. The molecule has 2 amide bonds. The number of nitrogens with zero attached hydrogens (tertiary/aromatic N) is 2. The van der Waals surface area contributed by atoms with Crippen LogP contribution >= 0.6 is 0 Å². The highest BCUT2D eigenvalue weighted by atomic mass is 16.5. The summed E-state index contributed by atoms with van der Waals surface area (Å²) in [7, 11) is 0. The number of hydrogen-bond acceptors (Lipinski definition) is 4. The van der Waals surface area contributed by atoms with Gasteiger partial charge in [0.15, 0.2) is 11.4 Å². The van der Waals surface area contributed by atoms with Crippen LogP contribution in [0.5, 0.6) is 5.75 Å². The Morgan fingerprint density at radius 2 is 1.72 bits per heavy atom. The Kier molecular flexibility index (Phi) is 6.29. The van der Waals surface area contributed by atoms with Crippen LogP contribution in [-0.2, 0) is 0 Å². The molecule has 0 unspecified atom stereocenters.